The minimum atomic E-state index is -0.451. The lowest BCUT2D eigenvalue weighted by Crippen LogP contribution is -2.47. The van der Waals surface area contributed by atoms with E-state index in [0.717, 1.165) is 6.20 Å². The summed E-state index contributed by atoms with van der Waals surface area (Å²) in [6.45, 7) is 2.88. The smallest absolute Gasteiger partial charge is 0.256 e. The summed E-state index contributed by atoms with van der Waals surface area (Å²) in [6, 6.07) is 4.10. The summed E-state index contributed by atoms with van der Waals surface area (Å²) in [5.74, 6) is -0.213. The van der Waals surface area contributed by atoms with Crippen molar-refractivity contribution < 1.29 is 23.9 Å². The van der Waals surface area contributed by atoms with Crippen molar-refractivity contribution in [1.29, 1.82) is 0 Å². The summed E-state index contributed by atoms with van der Waals surface area (Å²) in [6.07, 6.45) is 1.97. The zero-order valence-corrected chi connectivity index (χ0v) is 20.1. The van der Waals surface area contributed by atoms with Crippen molar-refractivity contribution in [2.24, 2.45) is 4.99 Å². The van der Waals surface area contributed by atoms with Crippen molar-refractivity contribution >= 4 is 33.3 Å². The second-order valence-electron chi connectivity index (χ2n) is 7.94. The monoisotopic (exact) mass is 554 g/mol. The number of benzene rings is 1. The molecule has 1 aromatic carbocycles. The number of piperidine rings is 1. The zero-order valence-electron chi connectivity index (χ0n) is 18.5. The SMILES string of the molecule is O=[N+]([O-])C=C(C1CNCCO1)N1CCC(Nc2nonc2C(=Nc2ccc(F)c(Br)c2)NO)CC1. The third kappa shape index (κ3) is 6.30. The normalized spacial score (nSPS) is 20.1. The van der Waals surface area contributed by atoms with Gasteiger partial charge in [-0.15, -0.1) is 0 Å². The number of nitro groups is 1. The number of aromatic nitrogens is 2. The first-order valence-electron chi connectivity index (χ1n) is 10.9. The number of anilines is 1. The van der Waals surface area contributed by atoms with Crippen LogP contribution in [-0.4, -0.2) is 76.1 Å². The number of amidine groups is 1. The fraction of sp³-hybridized carbons (Fsp3) is 0.450. The highest BCUT2D eigenvalue weighted by atomic mass is 79.9. The molecule has 2 aliphatic heterocycles. The molecule has 2 saturated heterocycles. The fourth-order valence-corrected chi connectivity index (χ4v) is 4.33. The molecule has 0 saturated carbocycles. The van der Waals surface area contributed by atoms with Crippen molar-refractivity contribution in [3.05, 3.63) is 56.2 Å². The molecule has 2 fully saturated rings. The Labute approximate surface area is 207 Å². The van der Waals surface area contributed by atoms with Crippen LogP contribution in [0.5, 0.6) is 0 Å². The van der Waals surface area contributed by atoms with Crippen LogP contribution in [-0.2, 0) is 4.74 Å². The number of morpholine rings is 1. The number of ether oxygens (including phenoxy) is 1. The number of nitrogens with one attached hydrogen (secondary N) is 3. The zero-order chi connectivity index (χ0) is 24.8. The lowest BCUT2D eigenvalue weighted by molar-refractivity contribution is -0.405. The van der Waals surface area contributed by atoms with Gasteiger partial charge in [-0.3, -0.25) is 20.8 Å². The van der Waals surface area contributed by atoms with Gasteiger partial charge in [0.1, 0.15) is 17.6 Å². The summed E-state index contributed by atoms with van der Waals surface area (Å²) < 4.78 is 24.3. The second kappa shape index (κ2) is 11.5. The predicted octanol–water partition coefficient (Wildman–Crippen LogP) is 2.01. The first-order chi connectivity index (χ1) is 16.9. The molecule has 0 spiro atoms. The van der Waals surface area contributed by atoms with Crippen LogP contribution >= 0.6 is 15.9 Å². The Hall–Kier alpha value is -3.14. The third-order valence-electron chi connectivity index (χ3n) is 5.66. The number of hydrogen-bond acceptors (Lipinski definition) is 11. The van der Waals surface area contributed by atoms with E-state index in [-0.39, 0.29) is 34.0 Å². The first kappa shape index (κ1) is 25.0. The highest BCUT2D eigenvalue weighted by molar-refractivity contribution is 9.10. The number of rotatable bonds is 7. The first-order valence-corrected chi connectivity index (χ1v) is 11.7. The fourth-order valence-electron chi connectivity index (χ4n) is 3.96. The van der Waals surface area contributed by atoms with Gasteiger partial charge in [0, 0.05) is 32.2 Å². The lowest BCUT2D eigenvalue weighted by atomic mass is 10.0. The molecule has 2 aliphatic rings. The molecule has 0 amide bonds. The average Bonchev–Trinajstić information content (AvgIpc) is 3.32. The molecule has 1 unspecified atom stereocenters. The average molecular weight is 555 g/mol. The maximum atomic E-state index is 13.5. The van der Waals surface area contributed by atoms with Gasteiger partial charge in [-0.05, 0) is 57.3 Å². The van der Waals surface area contributed by atoms with E-state index in [9.17, 15) is 19.7 Å². The molecule has 3 heterocycles. The molecule has 4 rings (SSSR count). The van der Waals surface area contributed by atoms with Crippen LogP contribution in [0, 0.1) is 15.9 Å². The van der Waals surface area contributed by atoms with E-state index in [4.69, 9.17) is 9.37 Å². The van der Waals surface area contributed by atoms with Crippen LogP contribution < -0.4 is 16.1 Å². The molecule has 1 atom stereocenters. The van der Waals surface area contributed by atoms with Crippen LogP contribution in [0.1, 0.15) is 18.5 Å². The second-order valence-corrected chi connectivity index (χ2v) is 8.79. The van der Waals surface area contributed by atoms with Crippen LogP contribution in [0.3, 0.4) is 0 Å². The third-order valence-corrected chi connectivity index (χ3v) is 6.27. The molecule has 15 heteroatoms. The summed E-state index contributed by atoms with van der Waals surface area (Å²) in [4.78, 5) is 17.0. The Morgan fingerprint density at radius 1 is 1.40 bits per heavy atom. The minimum Gasteiger partial charge on any atom is -0.369 e. The molecule has 0 radical (unpaired) electrons. The van der Waals surface area contributed by atoms with Crippen LogP contribution in [0.25, 0.3) is 0 Å². The summed E-state index contributed by atoms with van der Waals surface area (Å²) in [5, 5.41) is 34.9. The van der Waals surface area contributed by atoms with E-state index < -0.39 is 10.7 Å². The Morgan fingerprint density at radius 2 is 2.20 bits per heavy atom. The number of hydroxylamine groups is 1. The van der Waals surface area contributed by atoms with Gasteiger partial charge in [0.15, 0.2) is 11.5 Å². The van der Waals surface area contributed by atoms with E-state index in [2.05, 4.69) is 41.9 Å². The number of nitrogens with zero attached hydrogens (tertiary/aromatic N) is 5. The summed E-state index contributed by atoms with van der Waals surface area (Å²) in [7, 11) is 0. The van der Waals surface area contributed by atoms with Gasteiger partial charge in [-0.2, -0.15) is 0 Å². The molecule has 2 aromatic rings. The van der Waals surface area contributed by atoms with Crippen LogP contribution in [0.2, 0.25) is 0 Å². The van der Waals surface area contributed by atoms with Crippen molar-refractivity contribution in [2.75, 3.05) is 38.1 Å². The van der Waals surface area contributed by atoms with E-state index >= 15 is 0 Å². The van der Waals surface area contributed by atoms with Gasteiger partial charge < -0.3 is 20.3 Å². The Bertz CT molecular complexity index is 1100. The Kier molecular flexibility index (Phi) is 8.22. The molecule has 0 bridgehead atoms. The highest BCUT2D eigenvalue weighted by Crippen LogP contribution is 2.25. The van der Waals surface area contributed by atoms with Gasteiger partial charge in [-0.1, -0.05) is 0 Å². The molecule has 35 heavy (non-hydrogen) atoms. The number of halogens is 2. The van der Waals surface area contributed by atoms with Crippen molar-refractivity contribution in [2.45, 2.75) is 25.0 Å². The molecular formula is C20H24BrFN8O5. The van der Waals surface area contributed by atoms with E-state index in [1.54, 1.807) is 0 Å². The number of aliphatic imine (C=N–C) groups is 1. The largest absolute Gasteiger partial charge is 0.369 e. The van der Waals surface area contributed by atoms with Crippen LogP contribution in [0.4, 0.5) is 15.9 Å². The van der Waals surface area contributed by atoms with E-state index in [1.807, 2.05) is 10.4 Å². The predicted molar refractivity (Wildman–Crippen MR) is 125 cm³/mol. The molecule has 1 aromatic heterocycles. The Morgan fingerprint density at radius 3 is 2.86 bits per heavy atom. The van der Waals surface area contributed by atoms with Gasteiger partial charge in [0.25, 0.3) is 6.20 Å². The molecule has 13 nitrogen and oxygen atoms in total. The van der Waals surface area contributed by atoms with E-state index in [1.165, 1.54) is 18.2 Å². The van der Waals surface area contributed by atoms with Crippen molar-refractivity contribution in [3.8, 4) is 0 Å². The van der Waals surface area contributed by atoms with Crippen molar-refractivity contribution in [1.82, 2.24) is 26.0 Å². The number of likely N-dealkylation sites (tertiary alicyclic amines) is 1. The maximum absolute atomic E-state index is 13.5. The molecule has 188 valence electrons. The molecule has 0 aliphatic carbocycles. The Balaban J connectivity index is 1.43. The molecule has 4 N–H and O–H groups in total. The van der Waals surface area contributed by atoms with Gasteiger partial charge in [0.2, 0.25) is 5.82 Å². The summed E-state index contributed by atoms with van der Waals surface area (Å²) in [5.41, 5.74) is 3.04. The van der Waals surface area contributed by atoms with Gasteiger partial charge in [0.05, 0.1) is 21.7 Å². The quantitative estimate of drug-likeness (QED) is 0.171. The van der Waals surface area contributed by atoms with Gasteiger partial charge >= 0.3 is 0 Å². The van der Waals surface area contributed by atoms with Crippen LogP contribution in [0.15, 0.2) is 44.2 Å². The van der Waals surface area contributed by atoms with Gasteiger partial charge in [-0.25, -0.2) is 14.0 Å². The summed E-state index contributed by atoms with van der Waals surface area (Å²) >= 11 is 3.10. The molecular weight excluding hydrogens is 531 g/mol. The maximum Gasteiger partial charge on any atom is 0.256 e. The van der Waals surface area contributed by atoms with Crippen molar-refractivity contribution in [3.63, 3.8) is 0 Å². The minimum absolute atomic E-state index is 0.0286. The number of hydrogen-bond donors (Lipinski definition) is 4. The van der Waals surface area contributed by atoms with E-state index in [0.29, 0.717) is 57.0 Å². The standard InChI is InChI=1S/C20H24BrFN8O5/c21-14-9-13(1-2-15(14)22)25-19(26-31)18-20(28-35-27-18)24-12-3-6-29(7-4-12)16(11-30(32)33)17-10-23-5-8-34-17/h1-2,9,11-12,17,23,31H,3-8,10H2,(H,24,28)(H,25,26). The highest BCUT2D eigenvalue weighted by Gasteiger charge is 2.30. The topological polar surface area (TPSA) is 163 Å². The lowest BCUT2D eigenvalue weighted by Gasteiger charge is -2.37.